The number of aliphatic hydroxyl groups is 1. The highest BCUT2D eigenvalue weighted by molar-refractivity contribution is 6.53. The van der Waals surface area contributed by atoms with Gasteiger partial charge >= 0.3 is 7.48 Å². The third-order valence-electron chi connectivity index (χ3n) is 6.84. The van der Waals surface area contributed by atoms with Crippen molar-refractivity contribution in [2.75, 3.05) is 0 Å². The van der Waals surface area contributed by atoms with Crippen molar-refractivity contribution < 1.29 is 9.76 Å². The number of aromatic nitrogens is 1. The van der Waals surface area contributed by atoms with Crippen LogP contribution >= 0.6 is 0 Å². The maximum absolute atomic E-state index is 10.6. The van der Waals surface area contributed by atoms with Crippen molar-refractivity contribution >= 4 is 45.5 Å². The van der Waals surface area contributed by atoms with Gasteiger partial charge in [-0.1, -0.05) is 60.7 Å². The van der Waals surface area contributed by atoms with Gasteiger partial charge in [0.05, 0.1) is 22.2 Å². The molecular formula is C28H28BNO2. The van der Waals surface area contributed by atoms with Gasteiger partial charge in [0.1, 0.15) is 0 Å². The molecule has 3 nitrogen and oxygen atoms in total. The van der Waals surface area contributed by atoms with Gasteiger partial charge in [-0.05, 0) is 68.2 Å². The van der Waals surface area contributed by atoms with Crippen LogP contribution < -0.4 is 5.46 Å². The first kappa shape index (κ1) is 20.8. The number of benzene rings is 4. The molecule has 0 radical (unpaired) electrons. The molecule has 0 fully saturated rings. The van der Waals surface area contributed by atoms with Crippen molar-refractivity contribution in [3.05, 3.63) is 84.9 Å². The van der Waals surface area contributed by atoms with Crippen LogP contribution in [-0.2, 0) is 4.65 Å². The molecule has 5 aromatic rings. The quantitative estimate of drug-likeness (QED) is 0.382. The Balaban J connectivity index is 1.81. The first-order valence-electron chi connectivity index (χ1n) is 11.1. The van der Waals surface area contributed by atoms with Gasteiger partial charge in [-0.3, -0.25) is 0 Å². The zero-order valence-electron chi connectivity index (χ0n) is 19.1. The minimum Gasteiger partial charge on any atom is -0.427 e. The molecule has 0 bridgehead atoms. The van der Waals surface area contributed by atoms with Gasteiger partial charge in [0.15, 0.2) is 0 Å². The Morgan fingerprint density at radius 3 is 2.00 bits per heavy atom. The smallest absolute Gasteiger partial charge is 0.310 e. The molecule has 0 amide bonds. The average molecular weight is 421 g/mol. The molecule has 1 aromatic heterocycles. The minimum atomic E-state index is -0.953. The van der Waals surface area contributed by atoms with E-state index in [1.54, 1.807) is 13.8 Å². The predicted molar refractivity (Wildman–Crippen MR) is 137 cm³/mol. The number of hydrogen-bond donors (Lipinski definition) is 1. The van der Waals surface area contributed by atoms with Gasteiger partial charge in [-0.15, -0.1) is 0 Å². The highest BCUT2D eigenvalue weighted by Gasteiger charge is 2.35. The van der Waals surface area contributed by atoms with E-state index in [2.05, 4.69) is 83.4 Å². The lowest BCUT2D eigenvalue weighted by Gasteiger charge is -2.37. The molecule has 0 spiro atoms. The van der Waals surface area contributed by atoms with Crippen molar-refractivity contribution in [2.24, 2.45) is 0 Å². The number of fused-ring (bicyclic) bond motifs is 5. The van der Waals surface area contributed by atoms with Gasteiger partial charge in [0, 0.05) is 16.5 Å². The fraction of sp³-hybridized carbons (Fsp3) is 0.214. The number of rotatable bonds is 5. The molecule has 0 aliphatic heterocycles. The van der Waals surface area contributed by atoms with E-state index in [1.165, 1.54) is 27.1 Å². The first-order valence-corrected chi connectivity index (χ1v) is 11.1. The second-order valence-corrected chi connectivity index (χ2v) is 9.52. The minimum absolute atomic E-state index is 0.420. The fourth-order valence-electron chi connectivity index (χ4n) is 4.31. The molecule has 0 aliphatic carbocycles. The third kappa shape index (κ3) is 3.31. The number of nitrogens with zero attached hydrogens (tertiary/aromatic N) is 1. The van der Waals surface area contributed by atoms with E-state index >= 15 is 0 Å². The first-order chi connectivity index (χ1) is 15.3. The highest BCUT2D eigenvalue weighted by atomic mass is 16.5. The summed E-state index contributed by atoms with van der Waals surface area (Å²) in [5.74, 6) is 0. The number of para-hydroxylation sites is 2. The van der Waals surface area contributed by atoms with Crippen molar-refractivity contribution in [3.63, 3.8) is 0 Å². The van der Waals surface area contributed by atoms with Crippen LogP contribution in [0.25, 0.3) is 38.3 Å². The Labute approximate surface area is 189 Å². The second kappa shape index (κ2) is 7.51. The van der Waals surface area contributed by atoms with Crippen LogP contribution in [-0.4, -0.2) is 28.4 Å². The van der Waals surface area contributed by atoms with Crippen LogP contribution in [0.4, 0.5) is 0 Å². The molecule has 32 heavy (non-hydrogen) atoms. The molecule has 0 unspecified atom stereocenters. The molecule has 4 heteroatoms. The lowest BCUT2D eigenvalue weighted by Crippen LogP contribution is -2.49. The van der Waals surface area contributed by atoms with Crippen molar-refractivity contribution in [1.29, 1.82) is 0 Å². The molecule has 1 heterocycles. The highest BCUT2D eigenvalue weighted by Crippen LogP contribution is 2.36. The summed E-state index contributed by atoms with van der Waals surface area (Å²) in [5, 5.41) is 15.5. The summed E-state index contributed by atoms with van der Waals surface area (Å²) in [6.07, 6.45) is 0. The standard InChI is InChI=1S/C28H28BNO2/c1-27(2,31)28(3,4)32-29-23-18-25-26(21-15-9-8-14-20(21)23)22-16-10-11-17-24(22)30(25)19-12-6-5-7-13-19/h5-18,29,31H,1-4H3. The Hall–Kier alpha value is -3.08. The van der Waals surface area contributed by atoms with Gasteiger partial charge in [0.2, 0.25) is 0 Å². The maximum Gasteiger partial charge on any atom is 0.310 e. The molecule has 0 saturated heterocycles. The van der Waals surface area contributed by atoms with Crippen LogP contribution in [0.1, 0.15) is 27.7 Å². The molecule has 0 aliphatic rings. The topological polar surface area (TPSA) is 34.4 Å². The lowest BCUT2D eigenvalue weighted by atomic mass is 9.79. The van der Waals surface area contributed by atoms with E-state index in [9.17, 15) is 5.11 Å². The van der Waals surface area contributed by atoms with Crippen LogP contribution in [0.15, 0.2) is 84.9 Å². The largest absolute Gasteiger partial charge is 0.427 e. The summed E-state index contributed by atoms with van der Waals surface area (Å²) in [7, 11) is 0.420. The average Bonchev–Trinajstić information content (AvgIpc) is 3.11. The predicted octanol–water partition coefficient (Wildman–Crippen LogP) is 5.48. The molecule has 5 rings (SSSR count). The number of hydrogen-bond acceptors (Lipinski definition) is 2. The van der Waals surface area contributed by atoms with Crippen LogP contribution in [0.2, 0.25) is 0 Å². The molecular weight excluding hydrogens is 393 g/mol. The summed E-state index contributed by atoms with van der Waals surface area (Å²) in [5.41, 5.74) is 2.97. The van der Waals surface area contributed by atoms with Gasteiger partial charge in [0.25, 0.3) is 0 Å². The van der Waals surface area contributed by atoms with Crippen LogP contribution in [0.5, 0.6) is 0 Å². The van der Waals surface area contributed by atoms with Crippen LogP contribution in [0.3, 0.4) is 0 Å². The van der Waals surface area contributed by atoms with Crippen molar-refractivity contribution in [3.8, 4) is 5.69 Å². The van der Waals surface area contributed by atoms with E-state index in [0.29, 0.717) is 7.48 Å². The normalized spacial score (nSPS) is 12.7. The van der Waals surface area contributed by atoms with Crippen LogP contribution in [0, 0.1) is 0 Å². The molecule has 0 atom stereocenters. The summed E-state index contributed by atoms with van der Waals surface area (Å²) < 4.78 is 8.63. The SMILES string of the molecule is CC(C)(O)C(C)(C)OBc1cc2c(c3ccccc13)c1ccccc1n2-c1ccccc1. The molecule has 0 saturated carbocycles. The van der Waals surface area contributed by atoms with Crippen molar-refractivity contribution in [1.82, 2.24) is 4.57 Å². The Morgan fingerprint density at radius 2 is 1.31 bits per heavy atom. The van der Waals surface area contributed by atoms with Gasteiger partial charge in [-0.25, -0.2) is 0 Å². The summed E-state index contributed by atoms with van der Waals surface area (Å²) in [6.45, 7) is 7.46. The Morgan fingerprint density at radius 1 is 0.719 bits per heavy atom. The van der Waals surface area contributed by atoms with E-state index in [-0.39, 0.29) is 0 Å². The molecule has 4 aromatic carbocycles. The van der Waals surface area contributed by atoms with Crippen molar-refractivity contribution in [2.45, 2.75) is 38.9 Å². The molecule has 160 valence electrons. The Bertz CT molecular complexity index is 1430. The fourth-order valence-corrected chi connectivity index (χ4v) is 4.31. The zero-order valence-corrected chi connectivity index (χ0v) is 19.1. The van der Waals surface area contributed by atoms with Gasteiger partial charge in [-0.2, -0.15) is 0 Å². The summed E-state index contributed by atoms with van der Waals surface area (Å²) in [4.78, 5) is 0. The van der Waals surface area contributed by atoms with E-state index < -0.39 is 11.2 Å². The van der Waals surface area contributed by atoms with E-state index in [4.69, 9.17) is 4.65 Å². The summed E-state index contributed by atoms with van der Waals surface area (Å²) >= 11 is 0. The second-order valence-electron chi connectivity index (χ2n) is 9.52. The molecule has 1 N–H and O–H groups in total. The van der Waals surface area contributed by atoms with Gasteiger partial charge < -0.3 is 14.3 Å². The Kier molecular flexibility index (Phi) is 4.88. The zero-order chi connectivity index (χ0) is 22.5. The van der Waals surface area contributed by atoms with E-state index in [1.807, 2.05) is 19.9 Å². The summed E-state index contributed by atoms with van der Waals surface area (Å²) in [6, 6.07) is 29.9. The van der Waals surface area contributed by atoms with E-state index in [0.717, 1.165) is 16.7 Å². The maximum atomic E-state index is 10.6. The monoisotopic (exact) mass is 421 g/mol. The lowest BCUT2D eigenvalue weighted by molar-refractivity contribution is -0.0893. The third-order valence-corrected chi connectivity index (χ3v) is 6.84.